The van der Waals surface area contributed by atoms with Crippen molar-refractivity contribution < 1.29 is 27.5 Å². The Balaban J connectivity index is 1.46. The maximum atomic E-state index is 13.3. The first kappa shape index (κ1) is 23.9. The number of benzene rings is 3. The van der Waals surface area contributed by atoms with Crippen molar-refractivity contribution in [3.63, 3.8) is 0 Å². The van der Waals surface area contributed by atoms with Crippen LogP contribution in [0.25, 0.3) is 0 Å². The molecule has 1 aliphatic rings. The minimum Gasteiger partial charge on any atom is -0.460 e. The van der Waals surface area contributed by atoms with Gasteiger partial charge in [0.2, 0.25) is 0 Å². The molecular formula is C26H22N2O6S. The van der Waals surface area contributed by atoms with Gasteiger partial charge in [0.05, 0.1) is 40.4 Å². The average Bonchev–Trinajstić information content (AvgIpc) is 3.12. The summed E-state index contributed by atoms with van der Waals surface area (Å²) in [5.74, 6) is -1.66. The van der Waals surface area contributed by atoms with Crippen molar-refractivity contribution >= 4 is 33.5 Å². The normalized spacial score (nSPS) is 12.9. The molecule has 1 aliphatic heterocycles. The summed E-state index contributed by atoms with van der Waals surface area (Å²) in [5.41, 5.74) is 1.11. The van der Waals surface area contributed by atoms with E-state index in [-0.39, 0.29) is 30.2 Å². The molecule has 4 rings (SSSR count). The van der Waals surface area contributed by atoms with E-state index in [9.17, 15) is 22.8 Å². The zero-order valence-corrected chi connectivity index (χ0v) is 19.5. The molecule has 1 heterocycles. The molecule has 0 N–H and O–H groups in total. The summed E-state index contributed by atoms with van der Waals surface area (Å²) in [6, 6.07) is 20.5. The maximum absolute atomic E-state index is 13.3. The quantitative estimate of drug-likeness (QED) is 0.258. The molecule has 3 aromatic carbocycles. The number of hydrogen-bond donors (Lipinski definition) is 0. The number of nitrogens with zero attached hydrogens (tertiary/aromatic N) is 2. The first-order chi connectivity index (χ1) is 16.8. The summed E-state index contributed by atoms with van der Waals surface area (Å²) in [7, 11) is -3.99. The molecular weight excluding hydrogens is 468 g/mol. The number of anilines is 1. The van der Waals surface area contributed by atoms with Crippen molar-refractivity contribution in [2.45, 2.75) is 4.90 Å². The number of fused-ring (bicyclic) bond motifs is 1. The molecule has 0 aromatic heterocycles. The van der Waals surface area contributed by atoms with Gasteiger partial charge in [0.15, 0.2) is 0 Å². The number of rotatable bonds is 9. The van der Waals surface area contributed by atoms with Crippen molar-refractivity contribution in [2.24, 2.45) is 0 Å². The lowest BCUT2D eigenvalue weighted by Crippen LogP contribution is -2.33. The van der Waals surface area contributed by atoms with Crippen molar-refractivity contribution in [2.75, 3.05) is 24.0 Å². The minimum atomic E-state index is -3.99. The lowest BCUT2D eigenvalue weighted by molar-refractivity contribution is 0.0420. The van der Waals surface area contributed by atoms with Crippen LogP contribution in [0.2, 0.25) is 0 Å². The molecule has 178 valence electrons. The van der Waals surface area contributed by atoms with Crippen molar-refractivity contribution in [3.8, 4) is 0 Å². The fourth-order valence-electron chi connectivity index (χ4n) is 3.72. The molecule has 0 saturated heterocycles. The first-order valence-electron chi connectivity index (χ1n) is 10.8. The van der Waals surface area contributed by atoms with E-state index in [0.717, 1.165) is 4.90 Å². The number of hydrogen-bond acceptors (Lipinski definition) is 6. The molecule has 35 heavy (non-hydrogen) atoms. The van der Waals surface area contributed by atoms with E-state index in [1.165, 1.54) is 34.6 Å². The van der Waals surface area contributed by atoms with Gasteiger partial charge in [-0.1, -0.05) is 42.5 Å². The number of ether oxygens (including phenoxy) is 1. The van der Waals surface area contributed by atoms with Crippen molar-refractivity contribution in [3.05, 3.63) is 108 Å². The van der Waals surface area contributed by atoms with Gasteiger partial charge in [-0.05, 0) is 42.5 Å². The number of esters is 1. The highest BCUT2D eigenvalue weighted by atomic mass is 32.2. The van der Waals surface area contributed by atoms with E-state index < -0.39 is 27.8 Å². The monoisotopic (exact) mass is 490 g/mol. The highest BCUT2D eigenvalue weighted by Crippen LogP contribution is 2.25. The van der Waals surface area contributed by atoms with Crippen LogP contribution in [0.4, 0.5) is 5.69 Å². The van der Waals surface area contributed by atoms with E-state index in [4.69, 9.17) is 4.74 Å². The summed E-state index contributed by atoms with van der Waals surface area (Å²) >= 11 is 0. The Bertz CT molecular complexity index is 1370. The fraction of sp³-hybridized carbons (Fsp3) is 0.115. The maximum Gasteiger partial charge on any atom is 0.338 e. The molecule has 3 aromatic rings. The summed E-state index contributed by atoms with van der Waals surface area (Å²) < 4.78 is 33.0. The highest BCUT2D eigenvalue weighted by Gasteiger charge is 2.35. The van der Waals surface area contributed by atoms with Crippen LogP contribution < -0.4 is 4.31 Å². The largest absolute Gasteiger partial charge is 0.460 e. The van der Waals surface area contributed by atoms with Crippen LogP contribution in [0, 0.1) is 0 Å². The van der Waals surface area contributed by atoms with E-state index in [1.54, 1.807) is 54.6 Å². The summed E-state index contributed by atoms with van der Waals surface area (Å²) in [5, 5.41) is 0. The molecule has 0 atom stereocenters. The van der Waals surface area contributed by atoms with E-state index in [1.807, 2.05) is 0 Å². The Morgan fingerprint density at radius 2 is 1.54 bits per heavy atom. The van der Waals surface area contributed by atoms with Crippen molar-refractivity contribution in [1.29, 1.82) is 0 Å². The number of amides is 2. The Kier molecular flexibility index (Phi) is 6.79. The third kappa shape index (κ3) is 4.71. The molecule has 0 aliphatic carbocycles. The van der Waals surface area contributed by atoms with Crippen molar-refractivity contribution in [1.82, 2.24) is 4.90 Å². The van der Waals surface area contributed by atoms with Gasteiger partial charge in [0, 0.05) is 0 Å². The summed E-state index contributed by atoms with van der Waals surface area (Å²) in [6.45, 7) is 3.34. The number of imide groups is 1. The topological polar surface area (TPSA) is 101 Å². The fourth-order valence-corrected chi connectivity index (χ4v) is 5.20. The molecule has 2 amide bonds. The Morgan fingerprint density at radius 1 is 0.914 bits per heavy atom. The minimum absolute atomic E-state index is 0.0278. The number of para-hydroxylation sites is 1. The van der Waals surface area contributed by atoms with Gasteiger partial charge >= 0.3 is 5.97 Å². The predicted molar refractivity (Wildman–Crippen MR) is 130 cm³/mol. The smallest absolute Gasteiger partial charge is 0.338 e. The SMILES string of the molecule is C=CCN(c1ccccc1)S(=O)(=O)c1cccc(C(=O)OCCN2C(=O)c3ccccc3C2=O)c1. The Hall–Kier alpha value is -4.24. The van der Waals surface area contributed by atoms with Crippen LogP contribution in [-0.2, 0) is 14.8 Å². The van der Waals surface area contributed by atoms with Crippen LogP contribution in [0.15, 0.2) is 96.4 Å². The molecule has 0 bridgehead atoms. The molecule has 0 unspecified atom stereocenters. The van der Waals surface area contributed by atoms with E-state index in [0.29, 0.717) is 16.8 Å². The van der Waals surface area contributed by atoms with Crippen LogP contribution in [0.3, 0.4) is 0 Å². The van der Waals surface area contributed by atoms with Crippen LogP contribution >= 0.6 is 0 Å². The third-order valence-electron chi connectivity index (χ3n) is 5.42. The van der Waals surface area contributed by atoms with Crippen LogP contribution in [0.1, 0.15) is 31.1 Å². The number of carbonyl (C=O) groups excluding carboxylic acids is 3. The van der Waals surface area contributed by atoms with Crippen LogP contribution in [0.5, 0.6) is 0 Å². The van der Waals surface area contributed by atoms with Gasteiger partial charge < -0.3 is 4.74 Å². The zero-order valence-electron chi connectivity index (χ0n) is 18.7. The average molecular weight is 491 g/mol. The number of sulfonamides is 1. The summed E-state index contributed by atoms with van der Waals surface area (Å²) in [4.78, 5) is 38.4. The van der Waals surface area contributed by atoms with Gasteiger partial charge in [0.1, 0.15) is 6.61 Å². The summed E-state index contributed by atoms with van der Waals surface area (Å²) in [6.07, 6.45) is 1.47. The Labute approximate surface area is 203 Å². The second-order valence-corrected chi connectivity index (χ2v) is 9.49. The highest BCUT2D eigenvalue weighted by molar-refractivity contribution is 7.92. The van der Waals surface area contributed by atoms with Gasteiger partial charge in [-0.25, -0.2) is 13.2 Å². The molecule has 0 saturated carbocycles. The molecule has 0 fully saturated rings. The van der Waals surface area contributed by atoms with Gasteiger partial charge in [-0.2, -0.15) is 0 Å². The molecule has 8 nitrogen and oxygen atoms in total. The van der Waals surface area contributed by atoms with Crippen LogP contribution in [-0.4, -0.2) is 50.8 Å². The third-order valence-corrected chi connectivity index (χ3v) is 7.21. The molecule has 9 heteroatoms. The Morgan fingerprint density at radius 3 is 2.17 bits per heavy atom. The standard InChI is InChI=1S/C26H22N2O6S/c1-2-15-28(20-10-4-3-5-11-20)35(32,33)21-12-8-9-19(18-21)26(31)34-17-16-27-24(29)22-13-6-7-14-23(22)25(27)30/h2-14,18H,1,15-17H2. The second-order valence-electron chi connectivity index (χ2n) is 7.63. The van der Waals surface area contributed by atoms with Gasteiger partial charge in [-0.15, -0.1) is 6.58 Å². The lowest BCUT2D eigenvalue weighted by Gasteiger charge is -2.23. The molecule has 0 spiro atoms. The van der Waals surface area contributed by atoms with Gasteiger partial charge in [0.25, 0.3) is 21.8 Å². The zero-order chi connectivity index (χ0) is 25.0. The second kappa shape index (κ2) is 9.94. The molecule has 0 radical (unpaired) electrons. The van der Waals surface area contributed by atoms with Gasteiger partial charge in [-0.3, -0.25) is 18.8 Å². The first-order valence-corrected chi connectivity index (χ1v) is 12.2. The lowest BCUT2D eigenvalue weighted by atomic mass is 10.1. The van der Waals surface area contributed by atoms with E-state index in [2.05, 4.69) is 6.58 Å². The predicted octanol–water partition coefficient (Wildman–Crippen LogP) is 3.52. The number of carbonyl (C=O) groups is 3. The van der Waals surface area contributed by atoms with E-state index >= 15 is 0 Å².